The first-order chi connectivity index (χ1) is 8.54. The zero-order chi connectivity index (χ0) is 13.2. The summed E-state index contributed by atoms with van der Waals surface area (Å²) in [7, 11) is 1.59. The molecule has 0 saturated carbocycles. The molecule has 2 aromatic rings. The summed E-state index contributed by atoms with van der Waals surface area (Å²) < 4.78 is 46.6. The maximum Gasteiger partial charge on any atom is 0.416 e. The van der Waals surface area contributed by atoms with E-state index in [1.165, 1.54) is 18.3 Å². The van der Waals surface area contributed by atoms with E-state index in [1.807, 2.05) is 0 Å². The van der Waals surface area contributed by atoms with Crippen LogP contribution in [0.3, 0.4) is 0 Å². The van der Waals surface area contributed by atoms with Crippen LogP contribution in [0.5, 0.6) is 0 Å². The van der Waals surface area contributed by atoms with Crippen molar-refractivity contribution < 1.29 is 13.2 Å². The van der Waals surface area contributed by atoms with Crippen molar-refractivity contribution in [1.29, 1.82) is 0 Å². The van der Waals surface area contributed by atoms with Gasteiger partial charge in [-0.2, -0.15) is 21.9 Å². The smallest absolute Gasteiger partial charge is 0.308 e. The highest BCUT2D eigenvalue weighted by molar-refractivity contribution is 6.99. The zero-order valence-electron chi connectivity index (χ0n) is 9.40. The lowest BCUT2D eigenvalue weighted by Gasteiger charge is -2.19. The first-order valence-corrected chi connectivity index (χ1v) is 5.88. The molecule has 1 aromatic heterocycles. The largest absolute Gasteiger partial charge is 0.416 e. The van der Waals surface area contributed by atoms with Gasteiger partial charge in [-0.05, 0) is 18.7 Å². The quantitative estimate of drug-likeness (QED) is 0.934. The molecule has 0 aliphatic carbocycles. The van der Waals surface area contributed by atoms with Crippen molar-refractivity contribution in [3.8, 4) is 0 Å². The lowest BCUT2D eigenvalue weighted by molar-refractivity contribution is -0.138. The minimum atomic E-state index is -4.38. The maximum absolute atomic E-state index is 12.9. The average molecular weight is 273 g/mol. The van der Waals surface area contributed by atoms with E-state index in [9.17, 15) is 13.2 Å². The summed E-state index contributed by atoms with van der Waals surface area (Å²) in [5.74, 6) is 0. The van der Waals surface area contributed by atoms with E-state index in [4.69, 9.17) is 0 Å². The van der Waals surface area contributed by atoms with Crippen molar-refractivity contribution >= 4 is 11.7 Å². The number of hydrogen-bond donors (Lipinski definition) is 1. The summed E-state index contributed by atoms with van der Waals surface area (Å²) in [5, 5.41) is 2.84. The fourth-order valence-electron chi connectivity index (χ4n) is 1.77. The van der Waals surface area contributed by atoms with Crippen LogP contribution in [0.1, 0.15) is 22.9 Å². The van der Waals surface area contributed by atoms with Gasteiger partial charge in [-0.25, -0.2) is 0 Å². The Morgan fingerprint density at radius 3 is 2.56 bits per heavy atom. The highest BCUT2D eigenvalue weighted by Gasteiger charge is 2.35. The number of hydrogen-bond acceptors (Lipinski definition) is 4. The molecule has 0 aliphatic heterocycles. The summed E-state index contributed by atoms with van der Waals surface area (Å²) in [6.07, 6.45) is -2.91. The third-order valence-electron chi connectivity index (χ3n) is 2.54. The van der Waals surface area contributed by atoms with Gasteiger partial charge in [-0.15, -0.1) is 0 Å². The van der Waals surface area contributed by atoms with Gasteiger partial charge < -0.3 is 5.32 Å². The van der Waals surface area contributed by atoms with E-state index < -0.39 is 17.8 Å². The lowest BCUT2D eigenvalue weighted by Crippen LogP contribution is -2.22. The molecule has 1 unspecified atom stereocenters. The number of benzene rings is 1. The molecule has 18 heavy (non-hydrogen) atoms. The summed E-state index contributed by atoms with van der Waals surface area (Å²) in [6.45, 7) is 0. The van der Waals surface area contributed by atoms with Gasteiger partial charge in [-0.3, -0.25) is 0 Å². The Hall–Kier alpha value is -1.47. The van der Waals surface area contributed by atoms with E-state index in [0.29, 0.717) is 5.69 Å². The Morgan fingerprint density at radius 1 is 1.28 bits per heavy atom. The van der Waals surface area contributed by atoms with Crippen LogP contribution in [0.4, 0.5) is 13.2 Å². The van der Waals surface area contributed by atoms with Crippen LogP contribution < -0.4 is 5.32 Å². The second kappa shape index (κ2) is 5.03. The van der Waals surface area contributed by atoms with Crippen LogP contribution >= 0.6 is 11.7 Å². The molecule has 0 fully saturated rings. The Morgan fingerprint density at radius 2 is 2.00 bits per heavy atom. The van der Waals surface area contributed by atoms with Gasteiger partial charge in [0, 0.05) is 0 Å². The third-order valence-corrected chi connectivity index (χ3v) is 3.03. The molecule has 1 aromatic carbocycles. The van der Waals surface area contributed by atoms with Crippen molar-refractivity contribution in [2.75, 3.05) is 7.05 Å². The second-order valence-corrected chi connectivity index (χ2v) is 4.20. The molecule has 1 N–H and O–H groups in total. The van der Waals surface area contributed by atoms with Crippen LogP contribution in [-0.2, 0) is 6.18 Å². The Balaban J connectivity index is 2.50. The normalized spacial score (nSPS) is 13.6. The predicted octanol–water partition coefficient (Wildman–Crippen LogP) is 2.87. The highest BCUT2D eigenvalue weighted by atomic mass is 32.1. The number of nitrogens with zero attached hydrogens (tertiary/aromatic N) is 2. The number of rotatable bonds is 3. The second-order valence-electron chi connectivity index (χ2n) is 3.64. The molecule has 2 rings (SSSR count). The van der Waals surface area contributed by atoms with Crippen LogP contribution in [0.2, 0.25) is 0 Å². The van der Waals surface area contributed by atoms with E-state index in [-0.39, 0.29) is 5.56 Å². The molecule has 0 spiro atoms. The summed E-state index contributed by atoms with van der Waals surface area (Å²) in [5.41, 5.74) is -0.0169. The molecule has 96 valence electrons. The predicted molar refractivity (Wildman–Crippen MR) is 62.3 cm³/mol. The molecule has 0 bridgehead atoms. The molecular weight excluding hydrogens is 263 g/mol. The Kier molecular flexibility index (Phi) is 3.63. The van der Waals surface area contributed by atoms with Crippen LogP contribution in [0.15, 0.2) is 30.5 Å². The topological polar surface area (TPSA) is 37.8 Å². The summed E-state index contributed by atoms with van der Waals surface area (Å²) in [6, 6.07) is 4.86. The van der Waals surface area contributed by atoms with E-state index >= 15 is 0 Å². The third kappa shape index (κ3) is 2.51. The maximum atomic E-state index is 12.9. The molecule has 1 heterocycles. The number of nitrogens with one attached hydrogen (secondary N) is 1. The molecule has 7 heteroatoms. The minimum Gasteiger partial charge on any atom is -0.308 e. The van der Waals surface area contributed by atoms with Gasteiger partial charge in [0.25, 0.3) is 0 Å². The average Bonchev–Trinajstić information content (AvgIpc) is 2.83. The molecule has 0 aliphatic rings. The Bertz CT molecular complexity index is 511. The number of halogens is 3. The summed E-state index contributed by atoms with van der Waals surface area (Å²) in [4.78, 5) is 0. The minimum absolute atomic E-state index is 0.153. The van der Waals surface area contributed by atoms with Crippen molar-refractivity contribution in [2.24, 2.45) is 0 Å². The van der Waals surface area contributed by atoms with Crippen molar-refractivity contribution in [2.45, 2.75) is 12.2 Å². The van der Waals surface area contributed by atoms with Crippen molar-refractivity contribution in [3.63, 3.8) is 0 Å². The van der Waals surface area contributed by atoms with E-state index in [2.05, 4.69) is 14.1 Å². The van der Waals surface area contributed by atoms with Gasteiger partial charge in [0.05, 0.1) is 35.2 Å². The molecule has 0 saturated heterocycles. The van der Waals surface area contributed by atoms with Crippen LogP contribution in [0, 0.1) is 0 Å². The first kappa shape index (κ1) is 13.0. The van der Waals surface area contributed by atoms with Crippen molar-refractivity contribution in [1.82, 2.24) is 14.1 Å². The molecule has 0 radical (unpaired) electrons. The molecule has 1 atom stereocenters. The monoisotopic (exact) mass is 273 g/mol. The number of alkyl halides is 3. The molecular formula is C11H10F3N3S. The van der Waals surface area contributed by atoms with Gasteiger partial charge in [0.15, 0.2) is 0 Å². The standard InChI is InChI=1S/C11H10F3N3S/c1-15-10(9-6-16-18-17-9)7-4-2-3-5-8(7)11(12,13)14/h2-6,10,15H,1H3. The van der Waals surface area contributed by atoms with Crippen molar-refractivity contribution in [3.05, 3.63) is 47.3 Å². The SMILES string of the molecule is CNC(c1cnsn1)c1ccccc1C(F)(F)F. The zero-order valence-corrected chi connectivity index (χ0v) is 10.2. The van der Waals surface area contributed by atoms with Crippen LogP contribution in [0.25, 0.3) is 0 Å². The molecule has 3 nitrogen and oxygen atoms in total. The number of aromatic nitrogens is 2. The Labute approximate surface area is 106 Å². The highest BCUT2D eigenvalue weighted by Crippen LogP contribution is 2.35. The summed E-state index contributed by atoms with van der Waals surface area (Å²) >= 11 is 0.970. The fraction of sp³-hybridized carbons (Fsp3) is 0.273. The van der Waals surface area contributed by atoms with Gasteiger partial charge >= 0.3 is 6.18 Å². The first-order valence-electron chi connectivity index (χ1n) is 5.15. The van der Waals surface area contributed by atoms with Gasteiger partial charge in [-0.1, -0.05) is 18.2 Å². The van der Waals surface area contributed by atoms with Gasteiger partial charge in [0.2, 0.25) is 0 Å². The van der Waals surface area contributed by atoms with E-state index in [1.54, 1.807) is 13.1 Å². The molecule has 0 amide bonds. The lowest BCUT2D eigenvalue weighted by atomic mass is 9.98. The fourth-order valence-corrected chi connectivity index (χ4v) is 2.22. The van der Waals surface area contributed by atoms with Gasteiger partial charge in [0.1, 0.15) is 0 Å². The van der Waals surface area contributed by atoms with Crippen LogP contribution in [-0.4, -0.2) is 15.8 Å². The van der Waals surface area contributed by atoms with E-state index in [0.717, 1.165) is 17.8 Å².